The van der Waals surface area contributed by atoms with Gasteiger partial charge in [-0.25, -0.2) is 5.43 Å². The first-order valence-electron chi connectivity index (χ1n) is 6.40. The van der Waals surface area contributed by atoms with Crippen molar-refractivity contribution in [3.63, 3.8) is 0 Å². The summed E-state index contributed by atoms with van der Waals surface area (Å²) in [7, 11) is 0. The van der Waals surface area contributed by atoms with E-state index in [-0.39, 0.29) is 12.5 Å². The topological polar surface area (TPSA) is 63.6 Å². The van der Waals surface area contributed by atoms with E-state index in [9.17, 15) is 4.79 Å². The Morgan fingerprint density at radius 2 is 2.30 bits per heavy atom. The SMILES string of the molecule is C#CCOc1c(I)cc(I)cc1C=NNC(=O)c1cccnc1. The number of rotatable bonds is 5. The molecule has 1 amide bonds. The molecule has 5 nitrogen and oxygen atoms in total. The predicted molar refractivity (Wildman–Crippen MR) is 106 cm³/mol. The molecule has 2 aromatic rings. The molecule has 0 aliphatic heterocycles. The molecule has 116 valence electrons. The van der Waals surface area contributed by atoms with Gasteiger partial charge in [0.05, 0.1) is 15.3 Å². The number of terminal acetylenes is 1. The van der Waals surface area contributed by atoms with Crippen LogP contribution in [-0.2, 0) is 0 Å². The van der Waals surface area contributed by atoms with Gasteiger partial charge < -0.3 is 4.74 Å². The smallest absolute Gasteiger partial charge is 0.272 e. The van der Waals surface area contributed by atoms with E-state index in [1.54, 1.807) is 18.3 Å². The summed E-state index contributed by atoms with van der Waals surface area (Å²) in [5.74, 6) is 2.74. The number of hydrogen-bond donors (Lipinski definition) is 1. The summed E-state index contributed by atoms with van der Waals surface area (Å²) < 4.78 is 7.50. The quantitative estimate of drug-likeness (QED) is 0.280. The maximum Gasteiger partial charge on any atom is 0.272 e. The van der Waals surface area contributed by atoms with Gasteiger partial charge in [-0.1, -0.05) is 5.92 Å². The third-order valence-corrected chi connectivity index (χ3v) is 4.05. The van der Waals surface area contributed by atoms with Gasteiger partial charge in [-0.2, -0.15) is 5.10 Å². The van der Waals surface area contributed by atoms with Gasteiger partial charge in [0, 0.05) is 21.5 Å². The number of carbonyl (C=O) groups is 1. The second kappa shape index (κ2) is 8.83. The van der Waals surface area contributed by atoms with Crippen LogP contribution in [0.4, 0.5) is 0 Å². The molecule has 0 bridgehead atoms. The summed E-state index contributed by atoms with van der Waals surface area (Å²) in [6.45, 7) is 0.166. The van der Waals surface area contributed by atoms with Crippen LogP contribution in [0.2, 0.25) is 0 Å². The van der Waals surface area contributed by atoms with E-state index in [1.807, 2.05) is 12.1 Å². The van der Waals surface area contributed by atoms with E-state index in [0.717, 1.165) is 12.7 Å². The number of aromatic nitrogens is 1. The van der Waals surface area contributed by atoms with Crippen molar-refractivity contribution in [1.82, 2.24) is 10.4 Å². The summed E-state index contributed by atoms with van der Waals surface area (Å²) in [5.41, 5.74) is 3.63. The summed E-state index contributed by atoms with van der Waals surface area (Å²) in [5, 5.41) is 3.98. The number of benzene rings is 1. The highest BCUT2D eigenvalue weighted by molar-refractivity contribution is 14.1. The van der Waals surface area contributed by atoms with E-state index in [4.69, 9.17) is 11.2 Å². The van der Waals surface area contributed by atoms with Crippen LogP contribution in [-0.4, -0.2) is 23.7 Å². The van der Waals surface area contributed by atoms with E-state index >= 15 is 0 Å². The molecule has 0 atom stereocenters. The van der Waals surface area contributed by atoms with E-state index in [0.29, 0.717) is 11.3 Å². The third kappa shape index (κ3) is 5.18. The fraction of sp³-hybridized carbons (Fsp3) is 0.0625. The molecule has 1 N–H and O–H groups in total. The first-order chi connectivity index (χ1) is 11.1. The van der Waals surface area contributed by atoms with Crippen molar-refractivity contribution in [2.75, 3.05) is 6.61 Å². The maximum absolute atomic E-state index is 11.9. The van der Waals surface area contributed by atoms with Crippen molar-refractivity contribution in [3.05, 3.63) is 54.9 Å². The second-order valence-electron chi connectivity index (χ2n) is 4.24. The third-order valence-electron chi connectivity index (χ3n) is 2.63. The molecule has 1 aromatic carbocycles. The molecule has 0 aliphatic rings. The maximum atomic E-state index is 11.9. The average Bonchev–Trinajstić information content (AvgIpc) is 2.54. The molecule has 2 rings (SSSR count). The summed E-state index contributed by atoms with van der Waals surface area (Å²) in [4.78, 5) is 15.8. The van der Waals surface area contributed by atoms with Gasteiger partial charge >= 0.3 is 0 Å². The van der Waals surface area contributed by atoms with Crippen LogP contribution in [0.3, 0.4) is 0 Å². The molecule has 0 unspecified atom stereocenters. The molecule has 1 heterocycles. The van der Waals surface area contributed by atoms with Crippen LogP contribution >= 0.6 is 45.2 Å². The lowest BCUT2D eigenvalue weighted by molar-refractivity contribution is 0.0955. The highest BCUT2D eigenvalue weighted by atomic mass is 127. The Morgan fingerprint density at radius 1 is 1.48 bits per heavy atom. The van der Waals surface area contributed by atoms with Crippen LogP contribution in [0, 0.1) is 19.5 Å². The highest BCUT2D eigenvalue weighted by Crippen LogP contribution is 2.27. The minimum Gasteiger partial charge on any atom is -0.479 e. The van der Waals surface area contributed by atoms with Gasteiger partial charge in [0.1, 0.15) is 12.4 Å². The molecule has 7 heteroatoms. The Hall–Kier alpha value is -1.67. The number of nitrogens with one attached hydrogen (secondary N) is 1. The lowest BCUT2D eigenvalue weighted by atomic mass is 10.2. The van der Waals surface area contributed by atoms with Gasteiger partial charge in [0.2, 0.25) is 0 Å². The molecule has 0 aliphatic carbocycles. The second-order valence-corrected chi connectivity index (χ2v) is 6.65. The Morgan fingerprint density at radius 3 is 3.00 bits per heavy atom. The molecule has 1 aromatic heterocycles. The van der Waals surface area contributed by atoms with Crippen molar-refractivity contribution < 1.29 is 9.53 Å². The van der Waals surface area contributed by atoms with Crippen LogP contribution in [0.25, 0.3) is 0 Å². The van der Waals surface area contributed by atoms with Gasteiger partial charge in [-0.05, 0) is 69.4 Å². The van der Waals surface area contributed by atoms with E-state index < -0.39 is 0 Å². The highest BCUT2D eigenvalue weighted by Gasteiger charge is 2.09. The molecule has 0 fully saturated rings. The number of nitrogens with zero attached hydrogens (tertiary/aromatic N) is 2. The van der Waals surface area contributed by atoms with Gasteiger partial charge in [0.15, 0.2) is 0 Å². The number of hydrazone groups is 1. The molecular weight excluding hydrogens is 520 g/mol. The molecule has 0 spiro atoms. The van der Waals surface area contributed by atoms with Gasteiger partial charge in [-0.3, -0.25) is 9.78 Å². The number of amides is 1. The Kier molecular flexibility index (Phi) is 6.79. The Balaban J connectivity index is 2.15. The van der Waals surface area contributed by atoms with Crippen molar-refractivity contribution >= 4 is 57.3 Å². The monoisotopic (exact) mass is 531 g/mol. The predicted octanol–water partition coefficient (Wildman–Crippen LogP) is 3.07. The number of carbonyl (C=O) groups excluding carboxylic acids is 1. The minimum atomic E-state index is -0.333. The van der Waals surface area contributed by atoms with Gasteiger partial charge in [-0.15, -0.1) is 6.42 Å². The van der Waals surface area contributed by atoms with Gasteiger partial charge in [0.25, 0.3) is 5.91 Å². The molecule has 0 saturated carbocycles. The fourth-order valence-corrected chi connectivity index (χ4v) is 3.71. The first kappa shape index (κ1) is 17.7. The van der Waals surface area contributed by atoms with Crippen molar-refractivity contribution in [2.45, 2.75) is 0 Å². The van der Waals surface area contributed by atoms with Crippen molar-refractivity contribution in [2.24, 2.45) is 5.10 Å². The first-order valence-corrected chi connectivity index (χ1v) is 8.56. The summed E-state index contributed by atoms with van der Waals surface area (Å²) in [6.07, 6.45) is 9.84. The van der Waals surface area contributed by atoms with Crippen LogP contribution < -0.4 is 10.2 Å². The Bertz CT molecular complexity index is 771. The van der Waals surface area contributed by atoms with Crippen LogP contribution in [0.1, 0.15) is 15.9 Å². The Labute approximate surface area is 161 Å². The van der Waals surface area contributed by atoms with Crippen LogP contribution in [0.15, 0.2) is 41.8 Å². The van der Waals surface area contributed by atoms with Crippen molar-refractivity contribution in [3.8, 4) is 18.1 Å². The molecule has 0 radical (unpaired) electrons. The molecule has 0 saturated heterocycles. The zero-order chi connectivity index (χ0) is 16.7. The van der Waals surface area contributed by atoms with E-state index in [2.05, 4.69) is 66.6 Å². The lowest BCUT2D eigenvalue weighted by Gasteiger charge is -2.09. The summed E-state index contributed by atoms with van der Waals surface area (Å²) in [6, 6.07) is 7.22. The summed E-state index contributed by atoms with van der Waals surface area (Å²) >= 11 is 4.37. The zero-order valence-corrected chi connectivity index (χ0v) is 16.1. The molecular formula is C16H11I2N3O2. The normalized spacial score (nSPS) is 10.3. The minimum absolute atomic E-state index is 0.166. The average molecular weight is 531 g/mol. The van der Waals surface area contributed by atoms with E-state index in [1.165, 1.54) is 12.4 Å². The molecule has 23 heavy (non-hydrogen) atoms. The number of pyridine rings is 1. The van der Waals surface area contributed by atoms with Crippen molar-refractivity contribution in [1.29, 1.82) is 0 Å². The standard InChI is InChI=1S/C16H11I2N3O2/c1-2-6-23-15-12(7-13(17)8-14(15)18)10-20-21-16(22)11-4-3-5-19-9-11/h1,3-5,7-10H,6H2,(H,21,22). The number of halogens is 2. The number of ether oxygens (including phenoxy) is 1. The number of hydrogen-bond acceptors (Lipinski definition) is 4. The largest absolute Gasteiger partial charge is 0.479 e. The zero-order valence-electron chi connectivity index (χ0n) is 11.8. The lowest BCUT2D eigenvalue weighted by Crippen LogP contribution is -2.17. The van der Waals surface area contributed by atoms with Crippen LogP contribution in [0.5, 0.6) is 5.75 Å². The fourth-order valence-electron chi connectivity index (χ4n) is 1.66.